The molecule has 1 N–H and O–H groups in total. The molecule has 0 aliphatic heterocycles. The van der Waals surface area contributed by atoms with Gasteiger partial charge in [0, 0.05) is 5.69 Å². The first-order chi connectivity index (χ1) is 11.0. The van der Waals surface area contributed by atoms with E-state index in [0.717, 1.165) is 35.0 Å². The molecule has 2 rings (SSSR count). The molecule has 0 fully saturated rings. The molecule has 0 aliphatic carbocycles. The average molecular weight is 326 g/mol. The molecule has 23 heavy (non-hydrogen) atoms. The minimum Gasteiger partial charge on any atom is -0.480 e. The van der Waals surface area contributed by atoms with Gasteiger partial charge in [-0.2, -0.15) is 5.26 Å². The van der Waals surface area contributed by atoms with Gasteiger partial charge in [-0.1, -0.05) is 49.0 Å². The molecule has 0 radical (unpaired) electrons. The Hall–Kier alpha value is -2.32. The minimum absolute atomic E-state index is 0.472. The van der Waals surface area contributed by atoms with Gasteiger partial charge in [-0.25, -0.2) is 4.98 Å². The van der Waals surface area contributed by atoms with E-state index in [1.54, 1.807) is 24.3 Å². The third-order valence-corrected chi connectivity index (χ3v) is 5.00. The zero-order valence-electron chi connectivity index (χ0n) is 13.3. The molecule has 5 heteroatoms. The molecule has 0 spiro atoms. The fraction of sp³-hybridized carbons (Fsp3) is 0.278. The van der Waals surface area contributed by atoms with E-state index in [4.69, 9.17) is 0 Å². The van der Waals surface area contributed by atoms with Crippen molar-refractivity contribution in [2.45, 2.75) is 37.5 Å². The molecule has 0 saturated carbocycles. The molecule has 1 atom stereocenters. The molecule has 4 nitrogen and oxygen atoms in total. The van der Waals surface area contributed by atoms with Gasteiger partial charge in [0.2, 0.25) is 0 Å². The first kappa shape index (κ1) is 17.0. The lowest BCUT2D eigenvalue weighted by Gasteiger charge is -2.16. The predicted octanol–water partition coefficient (Wildman–Crippen LogP) is 4.05. The lowest BCUT2D eigenvalue weighted by Crippen LogP contribution is -2.10. The average Bonchev–Trinajstić information content (AvgIpc) is 2.53. The van der Waals surface area contributed by atoms with Crippen LogP contribution in [0.1, 0.15) is 40.1 Å². The minimum atomic E-state index is -0.943. The van der Waals surface area contributed by atoms with Crippen LogP contribution in [0.4, 0.5) is 0 Å². The Labute approximate surface area is 140 Å². The van der Waals surface area contributed by atoms with Crippen LogP contribution in [0.5, 0.6) is 0 Å². The third-order valence-electron chi connectivity index (χ3n) is 3.77. The summed E-state index contributed by atoms with van der Waals surface area (Å²) in [6.07, 6.45) is 0.797. The number of carboxylic acid groups (broad SMARTS) is 1. The van der Waals surface area contributed by atoms with Crippen LogP contribution in [0.3, 0.4) is 0 Å². The second-order valence-corrected chi connectivity index (χ2v) is 6.29. The Morgan fingerprint density at radius 3 is 2.52 bits per heavy atom. The Morgan fingerprint density at radius 1 is 1.35 bits per heavy atom. The van der Waals surface area contributed by atoms with E-state index in [2.05, 4.69) is 11.1 Å². The summed E-state index contributed by atoms with van der Waals surface area (Å²) in [4.78, 5) is 16.2. The second kappa shape index (κ2) is 7.30. The number of aromatic nitrogens is 1. The summed E-state index contributed by atoms with van der Waals surface area (Å²) in [6.45, 7) is 5.82. The number of carbonyl (C=O) groups is 1. The zero-order valence-corrected chi connectivity index (χ0v) is 14.1. The highest BCUT2D eigenvalue weighted by Gasteiger charge is 2.25. The summed E-state index contributed by atoms with van der Waals surface area (Å²) in [6, 6.07) is 11.2. The fourth-order valence-corrected chi connectivity index (χ4v) is 3.72. The normalized spacial score (nSPS) is 11.7. The number of nitriles is 1. The molecule has 118 valence electrons. The van der Waals surface area contributed by atoms with Gasteiger partial charge in [0.05, 0.1) is 5.56 Å². The molecule has 0 amide bonds. The van der Waals surface area contributed by atoms with Crippen LogP contribution in [0.2, 0.25) is 0 Å². The van der Waals surface area contributed by atoms with E-state index < -0.39 is 11.2 Å². The van der Waals surface area contributed by atoms with Gasteiger partial charge >= 0.3 is 5.97 Å². The van der Waals surface area contributed by atoms with Crippen LogP contribution in [-0.4, -0.2) is 16.1 Å². The van der Waals surface area contributed by atoms with Crippen molar-refractivity contribution in [3.63, 3.8) is 0 Å². The van der Waals surface area contributed by atoms with E-state index in [1.165, 1.54) is 0 Å². The molecule has 1 aromatic carbocycles. The number of rotatable bonds is 5. The van der Waals surface area contributed by atoms with Gasteiger partial charge in [0.1, 0.15) is 16.3 Å². The molecule has 1 heterocycles. The smallest absolute Gasteiger partial charge is 0.321 e. The number of pyridine rings is 1. The van der Waals surface area contributed by atoms with Crippen LogP contribution in [0.15, 0.2) is 35.4 Å². The molecular formula is C18H18N2O2S. The molecule has 0 unspecified atom stereocenters. The lowest BCUT2D eigenvalue weighted by atomic mass is 10.0. The van der Waals surface area contributed by atoms with Gasteiger partial charge in [0.15, 0.2) is 0 Å². The van der Waals surface area contributed by atoms with E-state index in [-0.39, 0.29) is 0 Å². The maximum Gasteiger partial charge on any atom is 0.321 e. The summed E-state index contributed by atoms with van der Waals surface area (Å²) < 4.78 is 0. The number of hydrogen-bond acceptors (Lipinski definition) is 4. The van der Waals surface area contributed by atoms with Crippen molar-refractivity contribution in [1.29, 1.82) is 5.26 Å². The van der Waals surface area contributed by atoms with Crippen molar-refractivity contribution in [2.75, 3.05) is 0 Å². The molecule has 1 aromatic heterocycles. The Morgan fingerprint density at radius 2 is 2.00 bits per heavy atom. The number of thioether (sulfide) groups is 1. The molecule has 2 aromatic rings. The quantitative estimate of drug-likeness (QED) is 0.839. The number of hydrogen-bond donors (Lipinski definition) is 1. The largest absolute Gasteiger partial charge is 0.480 e. The zero-order chi connectivity index (χ0) is 17.0. The van der Waals surface area contributed by atoms with Crippen LogP contribution in [-0.2, 0) is 11.2 Å². The highest BCUT2D eigenvalue weighted by molar-refractivity contribution is 8.00. The number of benzene rings is 1. The van der Waals surface area contributed by atoms with E-state index in [0.29, 0.717) is 16.2 Å². The summed E-state index contributed by atoms with van der Waals surface area (Å²) in [5, 5.41) is 18.7. The van der Waals surface area contributed by atoms with E-state index >= 15 is 0 Å². The molecule has 0 aliphatic rings. The number of carboxylic acids is 1. The Kier molecular flexibility index (Phi) is 5.41. The van der Waals surface area contributed by atoms with Crippen molar-refractivity contribution < 1.29 is 9.90 Å². The van der Waals surface area contributed by atoms with Crippen molar-refractivity contribution in [1.82, 2.24) is 4.98 Å². The van der Waals surface area contributed by atoms with Gasteiger partial charge in [-0.05, 0) is 37.0 Å². The summed E-state index contributed by atoms with van der Waals surface area (Å²) in [7, 11) is 0. The van der Waals surface area contributed by atoms with Crippen molar-refractivity contribution in [3.05, 3.63) is 58.3 Å². The van der Waals surface area contributed by atoms with Crippen molar-refractivity contribution >= 4 is 17.7 Å². The molecular weight excluding hydrogens is 308 g/mol. The first-order valence-electron chi connectivity index (χ1n) is 7.34. The highest BCUT2D eigenvalue weighted by Crippen LogP contribution is 2.37. The maximum absolute atomic E-state index is 11.7. The standard InChI is InChI=1S/C18H18N2O2S/c1-4-14-11(2)15(10-19)17(20-12(14)3)23-16(18(21)22)13-8-6-5-7-9-13/h5-9,16H,4H2,1-3H3,(H,21,22)/t16-/m0/s1. The topological polar surface area (TPSA) is 74.0 Å². The third kappa shape index (κ3) is 3.54. The summed E-state index contributed by atoms with van der Waals surface area (Å²) in [5.41, 5.74) is 3.95. The SMILES string of the molecule is CCc1c(C)nc(S[C@H](C(=O)O)c2ccccc2)c(C#N)c1C. The van der Waals surface area contributed by atoms with E-state index in [9.17, 15) is 15.2 Å². The van der Waals surface area contributed by atoms with Crippen LogP contribution in [0.25, 0.3) is 0 Å². The number of aliphatic carboxylic acids is 1. The fourth-order valence-electron chi connectivity index (χ4n) is 2.60. The van der Waals surface area contributed by atoms with Gasteiger partial charge in [-0.3, -0.25) is 4.79 Å². The van der Waals surface area contributed by atoms with Gasteiger partial charge in [0.25, 0.3) is 0 Å². The van der Waals surface area contributed by atoms with Gasteiger partial charge in [-0.15, -0.1) is 0 Å². The van der Waals surface area contributed by atoms with Crippen molar-refractivity contribution in [2.24, 2.45) is 0 Å². The number of aryl methyl sites for hydroxylation is 1. The Balaban J connectivity index is 2.50. The molecule has 0 bridgehead atoms. The Bertz CT molecular complexity index is 767. The molecule has 0 saturated heterocycles. The summed E-state index contributed by atoms with van der Waals surface area (Å²) >= 11 is 1.12. The highest BCUT2D eigenvalue weighted by atomic mass is 32.2. The van der Waals surface area contributed by atoms with Crippen LogP contribution in [0, 0.1) is 25.2 Å². The maximum atomic E-state index is 11.7. The van der Waals surface area contributed by atoms with Crippen LogP contribution >= 0.6 is 11.8 Å². The van der Waals surface area contributed by atoms with Crippen LogP contribution < -0.4 is 0 Å². The lowest BCUT2D eigenvalue weighted by molar-refractivity contribution is -0.136. The predicted molar refractivity (Wildman–Crippen MR) is 90.5 cm³/mol. The van der Waals surface area contributed by atoms with Crippen molar-refractivity contribution in [3.8, 4) is 6.07 Å². The summed E-state index contributed by atoms with van der Waals surface area (Å²) in [5.74, 6) is -0.943. The first-order valence-corrected chi connectivity index (χ1v) is 8.22. The van der Waals surface area contributed by atoms with Gasteiger partial charge < -0.3 is 5.11 Å². The monoisotopic (exact) mass is 326 g/mol. The van der Waals surface area contributed by atoms with E-state index in [1.807, 2.05) is 26.8 Å². The second-order valence-electron chi connectivity index (χ2n) is 5.19. The number of nitrogens with zero attached hydrogens (tertiary/aromatic N) is 2.